The van der Waals surface area contributed by atoms with E-state index in [1.807, 2.05) is 19.9 Å². The van der Waals surface area contributed by atoms with Crippen molar-refractivity contribution in [2.75, 3.05) is 0 Å². The van der Waals surface area contributed by atoms with Crippen LogP contribution in [0, 0.1) is 19.8 Å². The Morgan fingerprint density at radius 3 is 2.73 bits per heavy atom. The lowest BCUT2D eigenvalue weighted by atomic mass is 10.1. The smallest absolute Gasteiger partial charge is 0.340 e. The van der Waals surface area contributed by atoms with E-state index in [-0.39, 0.29) is 12.5 Å². The first-order chi connectivity index (χ1) is 12.4. The van der Waals surface area contributed by atoms with Crippen molar-refractivity contribution >= 4 is 5.97 Å². The van der Waals surface area contributed by atoms with Gasteiger partial charge >= 0.3 is 5.97 Å². The third-order valence-corrected chi connectivity index (χ3v) is 3.64. The molecule has 0 radical (unpaired) electrons. The quantitative estimate of drug-likeness (QED) is 0.627. The predicted molar refractivity (Wildman–Crippen MR) is 92.8 cm³/mol. The molecule has 3 rings (SSSR count). The molecule has 0 N–H and O–H groups in total. The Morgan fingerprint density at radius 2 is 2.12 bits per heavy atom. The van der Waals surface area contributed by atoms with E-state index in [1.165, 1.54) is 6.20 Å². The number of nitrogens with zero attached hydrogens (tertiary/aromatic N) is 5. The van der Waals surface area contributed by atoms with Gasteiger partial charge in [-0.15, -0.1) is 0 Å². The second kappa shape index (κ2) is 7.47. The number of carbonyl (C=O) groups is 1. The molecule has 8 heteroatoms. The van der Waals surface area contributed by atoms with Crippen LogP contribution in [0.2, 0.25) is 0 Å². The summed E-state index contributed by atoms with van der Waals surface area (Å²) in [7, 11) is 0. The fourth-order valence-electron chi connectivity index (χ4n) is 2.50. The van der Waals surface area contributed by atoms with Crippen molar-refractivity contribution < 1.29 is 14.1 Å². The van der Waals surface area contributed by atoms with Crippen LogP contribution in [0.5, 0.6) is 0 Å². The third kappa shape index (κ3) is 4.14. The highest BCUT2D eigenvalue weighted by Crippen LogP contribution is 2.12. The van der Waals surface area contributed by atoms with Gasteiger partial charge in [-0.05, 0) is 38.0 Å². The van der Waals surface area contributed by atoms with E-state index in [2.05, 4.69) is 34.1 Å². The minimum Gasteiger partial charge on any atom is -0.452 e. The molecule has 0 fully saturated rings. The zero-order valence-electron chi connectivity index (χ0n) is 15.3. The molecule has 26 heavy (non-hydrogen) atoms. The zero-order chi connectivity index (χ0) is 18.7. The standard InChI is InChI=1S/C18H21N5O3/c1-11(2)7-15-20-17(26-22-15)10-25-18(24)14-5-6-16(19-9-14)23-13(4)8-12(3)21-23/h5-6,8-9,11H,7,10H2,1-4H3. The fourth-order valence-corrected chi connectivity index (χ4v) is 2.50. The molecule has 0 saturated carbocycles. The number of rotatable bonds is 6. The molecule has 136 valence electrons. The van der Waals surface area contributed by atoms with Crippen molar-refractivity contribution in [3.63, 3.8) is 0 Å². The van der Waals surface area contributed by atoms with E-state index in [9.17, 15) is 4.79 Å². The summed E-state index contributed by atoms with van der Waals surface area (Å²) >= 11 is 0. The molecule has 0 aromatic carbocycles. The molecule has 3 heterocycles. The summed E-state index contributed by atoms with van der Waals surface area (Å²) in [5.41, 5.74) is 2.22. The lowest BCUT2D eigenvalue weighted by Gasteiger charge is -2.05. The van der Waals surface area contributed by atoms with Gasteiger partial charge < -0.3 is 9.26 Å². The van der Waals surface area contributed by atoms with Crippen LogP contribution in [-0.2, 0) is 17.8 Å². The summed E-state index contributed by atoms with van der Waals surface area (Å²) in [4.78, 5) is 20.6. The molecule has 0 atom stereocenters. The molecule has 0 aliphatic rings. The molecule has 0 saturated heterocycles. The van der Waals surface area contributed by atoms with Gasteiger partial charge in [0, 0.05) is 18.3 Å². The van der Waals surface area contributed by atoms with Crippen LogP contribution in [0.3, 0.4) is 0 Å². The van der Waals surface area contributed by atoms with Gasteiger partial charge in [0.25, 0.3) is 5.89 Å². The van der Waals surface area contributed by atoms with Gasteiger partial charge in [0.2, 0.25) is 0 Å². The topological polar surface area (TPSA) is 95.9 Å². The van der Waals surface area contributed by atoms with Crippen molar-refractivity contribution in [2.45, 2.75) is 40.7 Å². The predicted octanol–water partition coefficient (Wildman–Crippen LogP) is 2.82. The highest BCUT2D eigenvalue weighted by Gasteiger charge is 2.13. The van der Waals surface area contributed by atoms with Gasteiger partial charge in [0.1, 0.15) is 0 Å². The maximum absolute atomic E-state index is 12.1. The van der Waals surface area contributed by atoms with Crippen LogP contribution in [0.25, 0.3) is 5.82 Å². The molecule has 0 aliphatic heterocycles. The molecule has 3 aromatic rings. The van der Waals surface area contributed by atoms with Gasteiger partial charge in [-0.25, -0.2) is 14.5 Å². The maximum Gasteiger partial charge on any atom is 0.340 e. The van der Waals surface area contributed by atoms with E-state index in [4.69, 9.17) is 9.26 Å². The summed E-state index contributed by atoms with van der Waals surface area (Å²) < 4.78 is 12.0. The SMILES string of the molecule is Cc1cc(C)n(-c2ccc(C(=O)OCc3nc(CC(C)C)no3)cn2)n1. The molecule has 0 amide bonds. The summed E-state index contributed by atoms with van der Waals surface area (Å²) in [6.45, 7) is 7.93. The van der Waals surface area contributed by atoms with Crippen molar-refractivity contribution in [1.29, 1.82) is 0 Å². The Balaban J connectivity index is 1.61. The Morgan fingerprint density at radius 1 is 1.31 bits per heavy atom. The van der Waals surface area contributed by atoms with Crippen LogP contribution < -0.4 is 0 Å². The second-order valence-corrected chi connectivity index (χ2v) is 6.52. The van der Waals surface area contributed by atoms with E-state index in [0.29, 0.717) is 23.1 Å². The molecule has 8 nitrogen and oxygen atoms in total. The van der Waals surface area contributed by atoms with Crippen LogP contribution in [0.1, 0.15) is 47.3 Å². The number of hydrogen-bond donors (Lipinski definition) is 0. The van der Waals surface area contributed by atoms with Crippen LogP contribution in [0.4, 0.5) is 0 Å². The van der Waals surface area contributed by atoms with Crippen molar-refractivity contribution in [3.05, 3.63) is 53.1 Å². The number of aryl methyl sites for hydroxylation is 2. The molecule has 0 unspecified atom stereocenters. The minimum atomic E-state index is -0.499. The minimum absolute atomic E-state index is 0.0663. The number of aromatic nitrogens is 5. The molecule has 0 bridgehead atoms. The first-order valence-corrected chi connectivity index (χ1v) is 8.40. The van der Waals surface area contributed by atoms with Crippen molar-refractivity contribution in [1.82, 2.24) is 24.9 Å². The van der Waals surface area contributed by atoms with Crippen molar-refractivity contribution in [2.24, 2.45) is 5.92 Å². The van der Waals surface area contributed by atoms with E-state index >= 15 is 0 Å². The number of hydrogen-bond acceptors (Lipinski definition) is 7. The number of esters is 1. The van der Waals surface area contributed by atoms with Crippen LogP contribution in [-0.4, -0.2) is 30.9 Å². The van der Waals surface area contributed by atoms with Gasteiger partial charge in [0.15, 0.2) is 18.2 Å². The van der Waals surface area contributed by atoms with Crippen LogP contribution in [0.15, 0.2) is 28.9 Å². The van der Waals surface area contributed by atoms with Gasteiger partial charge in [-0.3, -0.25) is 0 Å². The Kier molecular flexibility index (Phi) is 5.11. The summed E-state index contributed by atoms with van der Waals surface area (Å²) in [5, 5.41) is 8.23. The highest BCUT2D eigenvalue weighted by atomic mass is 16.6. The average molecular weight is 355 g/mol. The largest absolute Gasteiger partial charge is 0.452 e. The molecular weight excluding hydrogens is 334 g/mol. The lowest BCUT2D eigenvalue weighted by Crippen LogP contribution is -2.08. The Bertz CT molecular complexity index is 896. The number of pyridine rings is 1. The zero-order valence-corrected chi connectivity index (χ0v) is 15.3. The Hall–Kier alpha value is -3.03. The summed E-state index contributed by atoms with van der Waals surface area (Å²) in [5.74, 6) is 1.46. The van der Waals surface area contributed by atoms with E-state index in [0.717, 1.165) is 17.8 Å². The Labute approximate surface area is 151 Å². The molecule has 3 aromatic heterocycles. The number of carbonyl (C=O) groups excluding carboxylic acids is 1. The number of ether oxygens (including phenoxy) is 1. The van der Waals surface area contributed by atoms with Crippen LogP contribution >= 0.6 is 0 Å². The third-order valence-electron chi connectivity index (χ3n) is 3.64. The maximum atomic E-state index is 12.1. The second-order valence-electron chi connectivity index (χ2n) is 6.52. The van der Waals surface area contributed by atoms with Crippen molar-refractivity contribution in [3.8, 4) is 5.82 Å². The van der Waals surface area contributed by atoms with E-state index in [1.54, 1.807) is 16.8 Å². The normalized spacial score (nSPS) is 11.1. The monoisotopic (exact) mass is 355 g/mol. The molecule has 0 spiro atoms. The van der Waals surface area contributed by atoms with Gasteiger partial charge in [0.05, 0.1) is 11.3 Å². The lowest BCUT2D eigenvalue weighted by molar-refractivity contribution is 0.0429. The first-order valence-electron chi connectivity index (χ1n) is 8.40. The van der Waals surface area contributed by atoms with E-state index < -0.39 is 5.97 Å². The van der Waals surface area contributed by atoms with Gasteiger partial charge in [-0.1, -0.05) is 19.0 Å². The fraction of sp³-hybridized carbons (Fsp3) is 0.389. The average Bonchev–Trinajstić information content (AvgIpc) is 3.18. The molecular formula is C18H21N5O3. The molecule has 0 aliphatic carbocycles. The first kappa shape index (κ1) is 17.8. The summed E-state index contributed by atoms with van der Waals surface area (Å²) in [6, 6.07) is 5.34. The summed E-state index contributed by atoms with van der Waals surface area (Å²) in [6.07, 6.45) is 2.18. The van der Waals surface area contributed by atoms with Gasteiger partial charge in [-0.2, -0.15) is 10.1 Å². The highest BCUT2D eigenvalue weighted by molar-refractivity contribution is 5.89.